The maximum Gasteiger partial charge on any atom is 0.331 e. The van der Waals surface area contributed by atoms with E-state index in [1.54, 1.807) is 29.9 Å². The Kier molecular flexibility index (Phi) is 2.76. The quantitative estimate of drug-likeness (QED) is 0.922. The molecule has 18 heavy (non-hydrogen) atoms. The minimum atomic E-state index is -0.803. The highest BCUT2D eigenvalue weighted by Crippen LogP contribution is 2.31. The van der Waals surface area contributed by atoms with Crippen molar-refractivity contribution in [3.05, 3.63) is 45.7 Å². The molecule has 2 heterocycles. The molecule has 1 N–H and O–H groups in total. The molecular weight excluding hydrogens is 248 g/mol. The molecule has 0 amide bonds. The van der Waals surface area contributed by atoms with Crippen molar-refractivity contribution in [1.29, 1.82) is 0 Å². The summed E-state index contributed by atoms with van der Waals surface area (Å²) in [4.78, 5) is 17.5. The summed E-state index contributed by atoms with van der Waals surface area (Å²) < 4.78 is 2.01. The Bertz CT molecular complexity index is 611. The van der Waals surface area contributed by atoms with E-state index in [1.807, 2.05) is 10.8 Å². The molecule has 0 aliphatic heterocycles. The number of hydrogen-bond acceptors (Lipinski definition) is 3. The molecule has 0 aromatic carbocycles. The topological polar surface area (TPSA) is 55.1 Å². The Hall–Kier alpha value is -1.88. The third kappa shape index (κ3) is 2.09. The van der Waals surface area contributed by atoms with Gasteiger partial charge in [0.05, 0.1) is 12.9 Å². The number of imidazole rings is 1. The Morgan fingerprint density at radius 2 is 2.39 bits per heavy atom. The molecule has 0 atom stereocenters. The fourth-order valence-corrected chi connectivity index (χ4v) is 3.29. The van der Waals surface area contributed by atoms with Crippen LogP contribution in [0.15, 0.2) is 30.4 Å². The van der Waals surface area contributed by atoms with E-state index in [9.17, 15) is 4.79 Å². The highest BCUT2D eigenvalue weighted by molar-refractivity contribution is 7.12. The second-order valence-electron chi connectivity index (χ2n) is 4.30. The second-order valence-corrected chi connectivity index (χ2v) is 5.52. The summed E-state index contributed by atoms with van der Waals surface area (Å²) in [5, 5.41) is 9.00. The Labute approximate surface area is 108 Å². The number of carboxylic acids is 1. The number of carbonyl (C=O) groups is 1. The van der Waals surface area contributed by atoms with Crippen LogP contribution in [0.4, 0.5) is 0 Å². The predicted octanol–water partition coefficient (Wildman–Crippen LogP) is 2.41. The molecule has 0 saturated heterocycles. The first-order valence-electron chi connectivity index (χ1n) is 5.73. The Morgan fingerprint density at radius 1 is 1.50 bits per heavy atom. The summed E-state index contributed by atoms with van der Waals surface area (Å²) in [5.41, 5.74) is 1.58. The van der Waals surface area contributed by atoms with Gasteiger partial charge in [-0.1, -0.05) is 0 Å². The lowest BCUT2D eigenvalue weighted by Gasteiger charge is -2.08. The first kappa shape index (κ1) is 11.2. The maximum atomic E-state index is 10.9. The molecule has 0 saturated carbocycles. The molecule has 0 unspecified atom stereocenters. The van der Waals surface area contributed by atoms with E-state index in [-0.39, 0.29) is 0 Å². The summed E-state index contributed by atoms with van der Waals surface area (Å²) in [6, 6.07) is 2.09. The van der Waals surface area contributed by atoms with Gasteiger partial charge in [0.15, 0.2) is 0 Å². The highest BCUT2D eigenvalue weighted by atomic mass is 32.1. The Morgan fingerprint density at radius 3 is 3.11 bits per heavy atom. The first-order valence-corrected chi connectivity index (χ1v) is 6.55. The van der Waals surface area contributed by atoms with Crippen LogP contribution < -0.4 is 0 Å². The normalized spacial score (nSPS) is 14.1. The lowest BCUT2D eigenvalue weighted by molar-refractivity contribution is -0.132. The third-order valence-corrected chi connectivity index (χ3v) is 4.21. The SMILES string of the molecule is O=C(O)C1=Cc2cc(Cn3ccnc3)sc2CC1. The number of hydrogen-bond donors (Lipinski definition) is 1. The monoisotopic (exact) mass is 260 g/mol. The summed E-state index contributed by atoms with van der Waals surface area (Å²) in [7, 11) is 0. The lowest BCUT2D eigenvalue weighted by Crippen LogP contribution is -2.05. The van der Waals surface area contributed by atoms with Gasteiger partial charge in [-0.2, -0.15) is 0 Å². The molecule has 1 aliphatic carbocycles. The van der Waals surface area contributed by atoms with Crippen molar-refractivity contribution in [2.45, 2.75) is 19.4 Å². The van der Waals surface area contributed by atoms with Crippen LogP contribution in [-0.4, -0.2) is 20.6 Å². The number of aliphatic carboxylic acids is 1. The molecule has 5 heteroatoms. The van der Waals surface area contributed by atoms with Crippen molar-refractivity contribution in [2.75, 3.05) is 0 Å². The number of nitrogens with zero attached hydrogens (tertiary/aromatic N) is 2. The van der Waals surface area contributed by atoms with Gasteiger partial charge in [-0.3, -0.25) is 0 Å². The lowest BCUT2D eigenvalue weighted by atomic mass is 9.99. The van der Waals surface area contributed by atoms with E-state index < -0.39 is 5.97 Å². The van der Waals surface area contributed by atoms with Crippen LogP contribution in [0.1, 0.15) is 21.7 Å². The predicted molar refractivity (Wildman–Crippen MR) is 69.6 cm³/mol. The van der Waals surface area contributed by atoms with E-state index in [2.05, 4.69) is 11.1 Å². The number of carboxylic acid groups (broad SMARTS) is 1. The van der Waals surface area contributed by atoms with Gasteiger partial charge < -0.3 is 9.67 Å². The highest BCUT2D eigenvalue weighted by Gasteiger charge is 2.17. The largest absolute Gasteiger partial charge is 0.478 e. The number of aromatic nitrogens is 2. The first-order chi connectivity index (χ1) is 8.72. The average Bonchev–Trinajstić information content (AvgIpc) is 2.96. The summed E-state index contributed by atoms with van der Waals surface area (Å²) in [5.74, 6) is -0.803. The molecule has 92 valence electrons. The maximum absolute atomic E-state index is 10.9. The van der Waals surface area contributed by atoms with Gasteiger partial charge in [0.2, 0.25) is 0 Å². The van der Waals surface area contributed by atoms with Gasteiger partial charge in [0.25, 0.3) is 0 Å². The van der Waals surface area contributed by atoms with Gasteiger partial charge in [0, 0.05) is 27.7 Å². The van der Waals surface area contributed by atoms with Gasteiger partial charge in [0.1, 0.15) is 0 Å². The van der Waals surface area contributed by atoms with Crippen molar-refractivity contribution < 1.29 is 9.90 Å². The fourth-order valence-electron chi connectivity index (χ4n) is 2.13. The molecule has 0 bridgehead atoms. The van der Waals surface area contributed by atoms with E-state index in [0.29, 0.717) is 12.0 Å². The van der Waals surface area contributed by atoms with Crippen LogP contribution in [0, 0.1) is 0 Å². The van der Waals surface area contributed by atoms with Gasteiger partial charge in [-0.15, -0.1) is 11.3 Å². The fraction of sp³-hybridized carbons (Fsp3) is 0.231. The van der Waals surface area contributed by atoms with Crippen molar-refractivity contribution in [3.63, 3.8) is 0 Å². The molecule has 2 aromatic heterocycles. The minimum absolute atomic E-state index is 0.509. The van der Waals surface area contributed by atoms with Crippen LogP contribution in [0.25, 0.3) is 6.08 Å². The van der Waals surface area contributed by atoms with Crippen LogP contribution >= 0.6 is 11.3 Å². The average molecular weight is 260 g/mol. The summed E-state index contributed by atoms with van der Waals surface area (Å²) in [6.07, 6.45) is 8.74. The van der Waals surface area contributed by atoms with Crippen LogP contribution in [0.2, 0.25) is 0 Å². The molecule has 1 aliphatic rings. The smallest absolute Gasteiger partial charge is 0.331 e. The van der Waals surface area contributed by atoms with Crippen molar-refractivity contribution in [3.8, 4) is 0 Å². The van der Waals surface area contributed by atoms with Gasteiger partial charge >= 0.3 is 5.97 Å². The summed E-state index contributed by atoms with van der Waals surface area (Å²) in [6.45, 7) is 0.800. The van der Waals surface area contributed by atoms with E-state index >= 15 is 0 Å². The molecular formula is C13H12N2O2S. The number of aryl methyl sites for hydroxylation is 1. The van der Waals surface area contributed by atoms with Crippen LogP contribution in [-0.2, 0) is 17.8 Å². The second kappa shape index (κ2) is 4.42. The molecule has 0 spiro atoms. The van der Waals surface area contributed by atoms with Crippen LogP contribution in [0.5, 0.6) is 0 Å². The molecule has 2 aromatic rings. The number of thiophene rings is 1. The molecule has 0 radical (unpaired) electrons. The van der Waals surface area contributed by atoms with Crippen LogP contribution in [0.3, 0.4) is 0 Å². The standard InChI is InChI=1S/C13H12N2O2S/c16-13(17)9-1-2-12-10(5-9)6-11(18-12)7-15-4-3-14-8-15/h3-6,8H,1-2,7H2,(H,16,17). The van der Waals surface area contributed by atoms with Crippen molar-refractivity contribution in [2.24, 2.45) is 0 Å². The summed E-state index contributed by atoms with van der Waals surface area (Å²) >= 11 is 1.76. The van der Waals surface area contributed by atoms with Crippen molar-refractivity contribution in [1.82, 2.24) is 9.55 Å². The van der Waals surface area contributed by atoms with E-state index in [1.165, 1.54) is 9.75 Å². The van der Waals surface area contributed by atoms with Crippen molar-refractivity contribution >= 4 is 23.4 Å². The zero-order valence-electron chi connectivity index (χ0n) is 9.67. The molecule has 4 nitrogen and oxygen atoms in total. The number of rotatable bonds is 3. The third-order valence-electron chi connectivity index (χ3n) is 3.02. The zero-order chi connectivity index (χ0) is 12.5. The van der Waals surface area contributed by atoms with E-state index in [0.717, 1.165) is 18.5 Å². The minimum Gasteiger partial charge on any atom is -0.478 e. The zero-order valence-corrected chi connectivity index (χ0v) is 10.5. The number of fused-ring (bicyclic) bond motifs is 1. The van der Waals surface area contributed by atoms with E-state index in [4.69, 9.17) is 5.11 Å². The van der Waals surface area contributed by atoms with Gasteiger partial charge in [-0.05, 0) is 30.5 Å². The molecule has 3 rings (SSSR count). The molecule has 0 fully saturated rings. The van der Waals surface area contributed by atoms with Gasteiger partial charge in [-0.25, -0.2) is 9.78 Å². The Balaban J connectivity index is 1.87.